The Kier molecular flexibility index (Phi) is 6.33. The van der Waals surface area contributed by atoms with Crippen LogP contribution in [0.4, 0.5) is 0 Å². The van der Waals surface area contributed by atoms with E-state index in [1.807, 2.05) is 24.3 Å². The molecule has 0 aliphatic heterocycles. The molecule has 7 heteroatoms. The lowest BCUT2D eigenvalue weighted by Crippen LogP contribution is -2.26. The lowest BCUT2D eigenvalue weighted by atomic mass is 10.2. The van der Waals surface area contributed by atoms with Crippen LogP contribution in [0, 0.1) is 6.92 Å². The lowest BCUT2D eigenvalue weighted by Gasteiger charge is -2.06. The molecule has 0 aliphatic rings. The van der Waals surface area contributed by atoms with Gasteiger partial charge in [0, 0.05) is 12.3 Å². The first kappa shape index (κ1) is 18.3. The summed E-state index contributed by atoms with van der Waals surface area (Å²) in [6.45, 7) is 3.78. The number of ether oxygens (including phenoxy) is 1. The third-order valence-corrected chi connectivity index (χ3v) is 3.52. The van der Waals surface area contributed by atoms with Gasteiger partial charge in [-0.3, -0.25) is 9.59 Å². The Morgan fingerprint density at radius 3 is 2.52 bits per heavy atom. The number of amides is 2. The van der Waals surface area contributed by atoms with Crippen molar-refractivity contribution in [2.45, 2.75) is 26.8 Å². The Morgan fingerprint density at radius 2 is 1.92 bits per heavy atom. The largest absolute Gasteiger partial charge is 0.497 e. The topological polar surface area (TPSA) is 92.9 Å². The molecule has 0 saturated carbocycles. The second-order valence-corrected chi connectivity index (χ2v) is 5.48. The summed E-state index contributed by atoms with van der Waals surface area (Å²) >= 11 is 0. The van der Waals surface area contributed by atoms with Crippen molar-refractivity contribution in [3.05, 3.63) is 53.5 Å². The van der Waals surface area contributed by atoms with Gasteiger partial charge >= 0.3 is 0 Å². The smallest absolute Gasteiger partial charge is 0.274 e. The first-order valence-electron chi connectivity index (χ1n) is 7.77. The van der Waals surface area contributed by atoms with Crippen molar-refractivity contribution < 1.29 is 18.7 Å². The molecule has 2 aromatic rings. The molecule has 2 N–H and O–H groups in total. The average Bonchev–Trinajstić information content (AvgIpc) is 3.04. The number of furan rings is 1. The molecule has 0 unspecified atom stereocenters. The van der Waals surface area contributed by atoms with Crippen LogP contribution in [0.3, 0.4) is 0 Å². The van der Waals surface area contributed by atoms with Crippen LogP contribution in [0.5, 0.6) is 5.75 Å². The molecule has 0 spiro atoms. The first-order chi connectivity index (χ1) is 12.0. The van der Waals surface area contributed by atoms with E-state index >= 15 is 0 Å². The van der Waals surface area contributed by atoms with Gasteiger partial charge in [-0.2, -0.15) is 5.10 Å². The zero-order valence-electron chi connectivity index (χ0n) is 14.5. The van der Waals surface area contributed by atoms with Gasteiger partial charge < -0.3 is 14.5 Å². The van der Waals surface area contributed by atoms with Gasteiger partial charge in [0.1, 0.15) is 11.5 Å². The van der Waals surface area contributed by atoms with E-state index in [0.717, 1.165) is 11.3 Å². The number of methoxy groups -OCH3 is 1. The van der Waals surface area contributed by atoms with Crippen molar-refractivity contribution in [1.29, 1.82) is 0 Å². The first-order valence-corrected chi connectivity index (χ1v) is 7.77. The van der Waals surface area contributed by atoms with Gasteiger partial charge in [-0.1, -0.05) is 12.1 Å². The van der Waals surface area contributed by atoms with Crippen molar-refractivity contribution >= 4 is 17.5 Å². The molecule has 1 aromatic heterocycles. The van der Waals surface area contributed by atoms with Gasteiger partial charge in [-0.15, -0.1) is 0 Å². The molecule has 0 saturated heterocycles. The van der Waals surface area contributed by atoms with Crippen LogP contribution in [0.1, 0.15) is 35.0 Å². The number of carbonyl (C=O) groups excluding carboxylic acids is 2. The van der Waals surface area contributed by atoms with E-state index in [4.69, 9.17) is 9.15 Å². The maximum Gasteiger partial charge on any atom is 0.274 e. The summed E-state index contributed by atoms with van der Waals surface area (Å²) in [6.07, 6.45) is 1.54. The zero-order chi connectivity index (χ0) is 18.2. The van der Waals surface area contributed by atoms with Crippen LogP contribution in [0.15, 0.2) is 46.1 Å². The number of aryl methyl sites for hydroxylation is 1. The number of rotatable bonds is 7. The van der Waals surface area contributed by atoms with Crippen molar-refractivity contribution in [2.24, 2.45) is 5.10 Å². The van der Waals surface area contributed by atoms with Gasteiger partial charge in [-0.25, -0.2) is 5.43 Å². The minimum absolute atomic E-state index is 0.0980. The Labute approximate surface area is 146 Å². The Hall–Kier alpha value is -3.09. The minimum Gasteiger partial charge on any atom is -0.497 e. The number of hydrazone groups is 1. The highest BCUT2D eigenvalue weighted by atomic mass is 16.5. The fourth-order valence-corrected chi connectivity index (χ4v) is 2.11. The summed E-state index contributed by atoms with van der Waals surface area (Å²) in [7, 11) is 1.60. The molecule has 1 aromatic carbocycles. The van der Waals surface area contributed by atoms with Crippen molar-refractivity contribution in [1.82, 2.24) is 10.7 Å². The molecule has 0 atom stereocenters. The fourth-order valence-electron chi connectivity index (χ4n) is 2.11. The predicted molar refractivity (Wildman–Crippen MR) is 93.5 cm³/mol. The van der Waals surface area contributed by atoms with Gasteiger partial charge in [0.25, 0.3) is 5.91 Å². The van der Waals surface area contributed by atoms with Gasteiger partial charge in [0.2, 0.25) is 5.91 Å². The van der Waals surface area contributed by atoms with E-state index in [0.29, 0.717) is 23.6 Å². The molecule has 2 amide bonds. The summed E-state index contributed by atoms with van der Waals surface area (Å²) < 4.78 is 10.1. The number of carbonyl (C=O) groups is 2. The highest BCUT2D eigenvalue weighted by molar-refractivity contribution is 6.01. The maximum absolute atomic E-state index is 11.9. The minimum atomic E-state index is -0.371. The Balaban J connectivity index is 1.78. The number of benzene rings is 1. The molecule has 2 rings (SSSR count). The Morgan fingerprint density at radius 1 is 1.20 bits per heavy atom. The number of nitrogens with zero attached hydrogens (tertiary/aromatic N) is 1. The standard InChI is InChI=1S/C18H21N3O4/c1-12(20-21-18(23)16-8-9-25-13(16)2)10-17(22)19-11-14-4-6-15(24-3)7-5-14/h4-9H,10-11H2,1-3H3,(H,19,22)(H,21,23). The zero-order valence-corrected chi connectivity index (χ0v) is 14.5. The molecule has 1 heterocycles. The highest BCUT2D eigenvalue weighted by Crippen LogP contribution is 2.11. The van der Waals surface area contributed by atoms with Crippen LogP contribution < -0.4 is 15.5 Å². The van der Waals surface area contributed by atoms with E-state index < -0.39 is 0 Å². The third kappa shape index (κ3) is 5.49. The average molecular weight is 343 g/mol. The second-order valence-electron chi connectivity index (χ2n) is 5.48. The van der Waals surface area contributed by atoms with Crippen LogP contribution in [0.2, 0.25) is 0 Å². The molecular weight excluding hydrogens is 322 g/mol. The monoisotopic (exact) mass is 343 g/mol. The van der Waals surface area contributed by atoms with E-state index in [9.17, 15) is 9.59 Å². The lowest BCUT2D eigenvalue weighted by molar-refractivity contribution is -0.120. The number of hydrogen-bond donors (Lipinski definition) is 2. The maximum atomic E-state index is 11.9. The second kappa shape index (κ2) is 8.68. The summed E-state index contributed by atoms with van der Waals surface area (Å²) in [5.41, 5.74) is 4.30. The molecular formula is C18H21N3O4. The van der Waals surface area contributed by atoms with Crippen LogP contribution in [0.25, 0.3) is 0 Å². The SMILES string of the molecule is COc1ccc(CNC(=O)CC(C)=NNC(=O)c2ccoc2C)cc1. The van der Waals surface area contributed by atoms with E-state index in [2.05, 4.69) is 15.8 Å². The molecule has 0 aliphatic carbocycles. The molecule has 0 bridgehead atoms. The molecule has 132 valence electrons. The van der Waals surface area contributed by atoms with Crippen LogP contribution in [-0.2, 0) is 11.3 Å². The molecule has 7 nitrogen and oxygen atoms in total. The summed E-state index contributed by atoms with van der Waals surface area (Å²) in [4.78, 5) is 23.8. The van der Waals surface area contributed by atoms with Gasteiger partial charge in [0.15, 0.2) is 0 Å². The van der Waals surface area contributed by atoms with Crippen molar-refractivity contribution in [3.63, 3.8) is 0 Å². The van der Waals surface area contributed by atoms with Gasteiger partial charge in [0.05, 0.1) is 25.4 Å². The highest BCUT2D eigenvalue weighted by Gasteiger charge is 2.11. The number of hydrogen-bond acceptors (Lipinski definition) is 5. The van der Waals surface area contributed by atoms with Gasteiger partial charge in [-0.05, 0) is 37.6 Å². The molecule has 0 fully saturated rings. The van der Waals surface area contributed by atoms with E-state index in [1.165, 1.54) is 6.26 Å². The van der Waals surface area contributed by atoms with E-state index in [1.54, 1.807) is 27.0 Å². The predicted octanol–water partition coefficient (Wildman–Crippen LogP) is 2.41. The summed E-state index contributed by atoms with van der Waals surface area (Å²) in [5, 5.41) is 6.74. The van der Waals surface area contributed by atoms with Crippen LogP contribution >= 0.6 is 0 Å². The number of nitrogens with one attached hydrogen (secondary N) is 2. The van der Waals surface area contributed by atoms with Crippen LogP contribution in [-0.4, -0.2) is 24.6 Å². The molecule has 0 radical (unpaired) electrons. The summed E-state index contributed by atoms with van der Waals surface area (Å²) in [6, 6.07) is 9.00. The Bertz CT molecular complexity index is 763. The third-order valence-electron chi connectivity index (χ3n) is 3.52. The normalized spacial score (nSPS) is 11.1. The van der Waals surface area contributed by atoms with Crippen molar-refractivity contribution in [3.8, 4) is 5.75 Å². The van der Waals surface area contributed by atoms with E-state index in [-0.39, 0.29) is 18.2 Å². The molecule has 25 heavy (non-hydrogen) atoms. The fraction of sp³-hybridized carbons (Fsp3) is 0.278. The summed E-state index contributed by atoms with van der Waals surface area (Å²) in [5.74, 6) is 0.735. The quantitative estimate of drug-likeness (QED) is 0.596. The van der Waals surface area contributed by atoms with Crippen molar-refractivity contribution in [2.75, 3.05) is 7.11 Å².